The lowest BCUT2D eigenvalue weighted by Crippen LogP contribution is -2.18. The fourth-order valence-electron chi connectivity index (χ4n) is 3.19. The summed E-state index contributed by atoms with van der Waals surface area (Å²) in [4.78, 5) is 33.4. The highest BCUT2D eigenvalue weighted by molar-refractivity contribution is 7.98. The highest BCUT2D eigenvalue weighted by atomic mass is 32.2. The van der Waals surface area contributed by atoms with Crippen molar-refractivity contribution in [3.8, 4) is 0 Å². The van der Waals surface area contributed by atoms with Crippen LogP contribution in [0, 0.1) is 6.92 Å². The van der Waals surface area contributed by atoms with Crippen molar-refractivity contribution in [2.45, 2.75) is 17.8 Å². The lowest BCUT2D eigenvalue weighted by atomic mass is 10.1. The predicted octanol–water partition coefficient (Wildman–Crippen LogP) is 4.44. The molecule has 2 aromatic heterocycles. The van der Waals surface area contributed by atoms with E-state index in [9.17, 15) is 9.59 Å². The third-order valence-electron chi connectivity index (χ3n) is 4.76. The Bertz CT molecular complexity index is 1250. The number of amides is 2. The van der Waals surface area contributed by atoms with Gasteiger partial charge in [0.25, 0.3) is 11.8 Å². The number of benzene rings is 2. The molecule has 0 radical (unpaired) electrons. The molecule has 2 amide bonds. The van der Waals surface area contributed by atoms with Crippen LogP contribution in [0.25, 0.3) is 11.0 Å². The van der Waals surface area contributed by atoms with E-state index in [2.05, 4.69) is 20.6 Å². The molecule has 0 saturated heterocycles. The fraction of sp³-hybridized carbons (Fsp3) is 0.130. The molecular formula is C23H20N4O3S. The molecule has 0 aliphatic rings. The minimum Gasteiger partial charge on any atom is -0.451 e. The van der Waals surface area contributed by atoms with E-state index in [0.29, 0.717) is 27.7 Å². The minimum absolute atomic E-state index is 0.180. The number of rotatable bonds is 6. The fourth-order valence-corrected chi connectivity index (χ4v) is 4.02. The van der Waals surface area contributed by atoms with Gasteiger partial charge in [0.1, 0.15) is 5.58 Å². The van der Waals surface area contributed by atoms with Gasteiger partial charge >= 0.3 is 0 Å². The monoisotopic (exact) mass is 432 g/mol. The van der Waals surface area contributed by atoms with Gasteiger partial charge in [-0.15, -0.1) is 0 Å². The normalized spacial score (nSPS) is 10.8. The summed E-state index contributed by atoms with van der Waals surface area (Å²) >= 11 is 1.44. The van der Waals surface area contributed by atoms with Gasteiger partial charge in [0.2, 0.25) is 0 Å². The number of nitrogens with zero attached hydrogens (tertiary/aromatic N) is 2. The number of hydrogen-bond donors (Lipinski definition) is 2. The van der Waals surface area contributed by atoms with Crippen LogP contribution in [-0.4, -0.2) is 28.8 Å². The zero-order chi connectivity index (χ0) is 21.8. The number of para-hydroxylation sites is 1. The molecule has 0 bridgehead atoms. The number of hydrogen-bond acceptors (Lipinski definition) is 6. The van der Waals surface area contributed by atoms with Gasteiger partial charge in [0.15, 0.2) is 10.9 Å². The quantitative estimate of drug-likeness (QED) is 0.345. The van der Waals surface area contributed by atoms with Gasteiger partial charge in [0.05, 0.1) is 0 Å². The highest BCUT2D eigenvalue weighted by Gasteiger charge is 2.21. The van der Waals surface area contributed by atoms with Gasteiger partial charge in [-0.2, -0.15) is 0 Å². The Kier molecular flexibility index (Phi) is 5.99. The number of furan rings is 1. The highest BCUT2D eigenvalue weighted by Crippen LogP contribution is 2.31. The van der Waals surface area contributed by atoms with E-state index in [-0.39, 0.29) is 17.6 Å². The Morgan fingerprint density at radius 1 is 1.03 bits per heavy atom. The number of anilines is 1. The van der Waals surface area contributed by atoms with Crippen LogP contribution in [0.2, 0.25) is 0 Å². The maximum atomic E-state index is 13.1. The first kappa shape index (κ1) is 20.6. The molecule has 2 N–H and O–H groups in total. The summed E-state index contributed by atoms with van der Waals surface area (Å²) in [6, 6.07) is 14.4. The van der Waals surface area contributed by atoms with Gasteiger partial charge in [-0.3, -0.25) is 9.59 Å². The van der Waals surface area contributed by atoms with Crippen LogP contribution in [0.1, 0.15) is 32.0 Å². The van der Waals surface area contributed by atoms with Crippen molar-refractivity contribution >= 4 is 40.2 Å². The van der Waals surface area contributed by atoms with Crippen molar-refractivity contribution in [3.05, 3.63) is 83.4 Å². The summed E-state index contributed by atoms with van der Waals surface area (Å²) in [5.74, 6) is 0.204. The van der Waals surface area contributed by atoms with Crippen molar-refractivity contribution in [2.24, 2.45) is 0 Å². The smallest absolute Gasteiger partial charge is 0.291 e. The Morgan fingerprint density at radius 3 is 2.55 bits per heavy atom. The SMILES string of the molecule is CNC(=O)c1ccc(NC(=O)c2oc3ccccc3c2CSc2ncccn2)c(C)c1. The maximum Gasteiger partial charge on any atom is 0.291 e. The summed E-state index contributed by atoms with van der Waals surface area (Å²) in [7, 11) is 1.58. The van der Waals surface area contributed by atoms with Crippen LogP contribution in [0.5, 0.6) is 0 Å². The van der Waals surface area contributed by atoms with Gasteiger partial charge in [0, 0.05) is 47.4 Å². The van der Waals surface area contributed by atoms with Crippen LogP contribution < -0.4 is 10.6 Å². The Morgan fingerprint density at radius 2 is 1.81 bits per heavy atom. The molecule has 0 aliphatic heterocycles. The van der Waals surface area contributed by atoms with Crippen molar-refractivity contribution in [1.29, 1.82) is 0 Å². The molecule has 0 unspecified atom stereocenters. The summed E-state index contributed by atoms with van der Waals surface area (Å²) in [5.41, 5.74) is 3.35. The third-order valence-corrected chi connectivity index (χ3v) is 5.66. The largest absolute Gasteiger partial charge is 0.451 e. The molecule has 2 aromatic carbocycles. The van der Waals surface area contributed by atoms with Crippen molar-refractivity contribution < 1.29 is 14.0 Å². The van der Waals surface area contributed by atoms with Gasteiger partial charge in [-0.05, 0) is 42.8 Å². The molecule has 0 atom stereocenters. The molecule has 4 rings (SSSR count). The van der Waals surface area contributed by atoms with E-state index in [1.54, 1.807) is 43.7 Å². The van der Waals surface area contributed by atoms with Crippen molar-refractivity contribution in [3.63, 3.8) is 0 Å². The minimum atomic E-state index is -0.350. The summed E-state index contributed by atoms with van der Waals surface area (Å²) < 4.78 is 5.91. The van der Waals surface area contributed by atoms with Crippen molar-refractivity contribution in [1.82, 2.24) is 15.3 Å². The number of thioether (sulfide) groups is 1. The van der Waals surface area contributed by atoms with E-state index in [1.807, 2.05) is 31.2 Å². The van der Waals surface area contributed by atoms with Gasteiger partial charge < -0.3 is 15.1 Å². The second kappa shape index (κ2) is 9.01. The van der Waals surface area contributed by atoms with Crippen LogP contribution in [-0.2, 0) is 5.75 Å². The molecule has 0 fully saturated rings. The topological polar surface area (TPSA) is 97.1 Å². The summed E-state index contributed by atoms with van der Waals surface area (Å²) in [6.45, 7) is 1.84. The number of fused-ring (bicyclic) bond motifs is 1. The molecule has 31 heavy (non-hydrogen) atoms. The second-order valence-electron chi connectivity index (χ2n) is 6.79. The number of aryl methyl sites for hydroxylation is 1. The van der Waals surface area contributed by atoms with Crippen LogP contribution in [0.3, 0.4) is 0 Å². The van der Waals surface area contributed by atoms with Crippen LogP contribution in [0.15, 0.2) is 70.5 Å². The number of carbonyl (C=O) groups is 2. The second-order valence-corrected chi connectivity index (χ2v) is 7.73. The lowest BCUT2D eigenvalue weighted by molar-refractivity contribution is 0.0962. The Balaban J connectivity index is 1.62. The predicted molar refractivity (Wildman–Crippen MR) is 120 cm³/mol. The molecule has 7 nitrogen and oxygen atoms in total. The van der Waals surface area contributed by atoms with Gasteiger partial charge in [-0.1, -0.05) is 30.0 Å². The standard InChI is InChI=1S/C23H20N4O3S/c1-14-12-15(21(28)24-2)8-9-18(14)27-22(29)20-17(13-31-23-25-10-5-11-26-23)16-6-3-4-7-19(16)30-20/h3-12H,13H2,1-2H3,(H,24,28)(H,27,29). The van der Waals surface area contributed by atoms with Crippen molar-refractivity contribution in [2.75, 3.05) is 12.4 Å². The molecule has 8 heteroatoms. The first-order valence-corrected chi connectivity index (χ1v) is 10.6. The lowest BCUT2D eigenvalue weighted by Gasteiger charge is -2.10. The van der Waals surface area contributed by atoms with E-state index >= 15 is 0 Å². The molecular weight excluding hydrogens is 412 g/mol. The third kappa shape index (κ3) is 4.44. The average molecular weight is 433 g/mol. The van der Waals surface area contributed by atoms with E-state index in [4.69, 9.17) is 4.42 Å². The number of aromatic nitrogens is 2. The van der Waals surface area contributed by atoms with E-state index in [1.165, 1.54) is 11.8 Å². The van der Waals surface area contributed by atoms with Gasteiger partial charge in [-0.25, -0.2) is 9.97 Å². The summed E-state index contributed by atoms with van der Waals surface area (Å²) in [6.07, 6.45) is 3.36. The van der Waals surface area contributed by atoms with E-state index < -0.39 is 0 Å². The van der Waals surface area contributed by atoms with Crippen LogP contribution in [0.4, 0.5) is 5.69 Å². The molecule has 0 spiro atoms. The Labute approximate surface area is 183 Å². The Hall–Kier alpha value is -3.65. The molecule has 0 saturated carbocycles. The number of carbonyl (C=O) groups excluding carboxylic acids is 2. The zero-order valence-corrected chi connectivity index (χ0v) is 17.8. The number of nitrogens with one attached hydrogen (secondary N) is 2. The zero-order valence-electron chi connectivity index (χ0n) is 17.0. The molecule has 156 valence electrons. The first-order valence-electron chi connectivity index (χ1n) is 9.61. The molecule has 2 heterocycles. The summed E-state index contributed by atoms with van der Waals surface area (Å²) in [5, 5.41) is 7.00. The maximum absolute atomic E-state index is 13.1. The first-order chi connectivity index (χ1) is 15.1. The van der Waals surface area contributed by atoms with E-state index in [0.717, 1.165) is 16.5 Å². The molecule has 4 aromatic rings. The average Bonchev–Trinajstić information content (AvgIpc) is 3.18. The molecule has 0 aliphatic carbocycles. The van der Waals surface area contributed by atoms with Crippen LogP contribution >= 0.6 is 11.8 Å².